The first-order chi connectivity index (χ1) is 12.1. The molecule has 0 aliphatic carbocycles. The van der Waals surface area contributed by atoms with E-state index < -0.39 is 0 Å². The van der Waals surface area contributed by atoms with Crippen molar-refractivity contribution in [3.63, 3.8) is 0 Å². The molecule has 0 saturated heterocycles. The third kappa shape index (κ3) is 4.05. The number of aryl methyl sites for hydroxylation is 1. The van der Waals surface area contributed by atoms with E-state index in [1.54, 1.807) is 12.4 Å². The smallest absolute Gasteiger partial charge is 0.239 e. The maximum atomic E-state index is 12.4. The van der Waals surface area contributed by atoms with E-state index in [2.05, 4.69) is 25.5 Å². The van der Waals surface area contributed by atoms with Crippen LogP contribution in [0.25, 0.3) is 11.4 Å². The van der Waals surface area contributed by atoms with Crippen LogP contribution in [0.2, 0.25) is 0 Å². The number of carbonyl (C=O) groups is 1. The average Bonchev–Trinajstić information content (AvgIpc) is 3.21. The number of nitrogens with zero attached hydrogens (tertiary/aromatic N) is 5. The van der Waals surface area contributed by atoms with Gasteiger partial charge < -0.3 is 9.88 Å². The topological polar surface area (TPSA) is 85.6 Å². The fraction of sp³-hybridized carbons (Fsp3) is 0.312. The Labute approximate surface area is 153 Å². The second kappa shape index (κ2) is 7.75. The number of hydrogen-bond donors (Lipinski definition) is 1. The van der Waals surface area contributed by atoms with Gasteiger partial charge in [0.25, 0.3) is 0 Å². The van der Waals surface area contributed by atoms with Crippen molar-refractivity contribution in [2.24, 2.45) is 0 Å². The zero-order valence-corrected chi connectivity index (χ0v) is 15.8. The lowest BCUT2D eigenvalue weighted by molar-refractivity contribution is -0.115. The molecule has 1 unspecified atom stereocenters. The Morgan fingerprint density at radius 2 is 2.12 bits per heavy atom. The van der Waals surface area contributed by atoms with Crippen molar-refractivity contribution < 1.29 is 4.79 Å². The number of pyridine rings is 1. The van der Waals surface area contributed by atoms with Crippen LogP contribution in [0.15, 0.2) is 35.1 Å². The van der Waals surface area contributed by atoms with Gasteiger partial charge in [0.2, 0.25) is 5.91 Å². The normalized spacial score (nSPS) is 12.1. The van der Waals surface area contributed by atoms with Gasteiger partial charge in [-0.3, -0.25) is 9.78 Å². The van der Waals surface area contributed by atoms with E-state index in [1.165, 1.54) is 23.1 Å². The van der Waals surface area contributed by atoms with Crippen LogP contribution >= 0.6 is 23.1 Å². The summed E-state index contributed by atoms with van der Waals surface area (Å²) < 4.78 is 2.00. The Bertz CT molecular complexity index is 861. The molecular formula is C16H18N6OS2. The fourth-order valence-electron chi connectivity index (χ4n) is 2.21. The first-order valence-electron chi connectivity index (χ1n) is 7.81. The van der Waals surface area contributed by atoms with Gasteiger partial charge in [0.1, 0.15) is 0 Å². The van der Waals surface area contributed by atoms with E-state index in [0.717, 1.165) is 17.1 Å². The summed E-state index contributed by atoms with van der Waals surface area (Å²) in [5.41, 5.74) is 1.85. The average molecular weight is 374 g/mol. The third-order valence-corrected chi connectivity index (χ3v) is 5.43. The molecule has 0 aliphatic heterocycles. The van der Waals surface area contributed by atoms with Gasteiger partial charge in [-0.2, -0.15) is 0 Å². The lowest BCUT2D eigenvalue weighted by Crippen LogP contribution is -2.22. The molecule has 1 amide bonds. The molecule has 0 aromatic carbocycles. The molecule has 0 radical (unpaired) electrons. The molecule has 25 heavy (non-hydrogen) atoms. The number of thiazole rings is 1. The van der Waals surface area contributed by atoms with Gasteiger partial charge in [0.05, 0.1) is 10.9 Å². The number of aromatic nitrogens is 5. The van der Waals surface area contributed by atoms with E-state index >= 15 is 0 Å². The summed E-state index contributed by atoms with van der Waals surface area (Å²) in [7, 11) is 0. The molecule has 0 saturated carbocycles. The molecule has 3 aromatic rings. The first kappa shape index (κ1) is 17.6. The highest BCUT2D eigenvalue weighted by Crippen LogP contribution is 2.27. The molecule has 9 heteroatoms. The van der Waals surface area contributed by atoms with Crippen LogP contribution in [-0.4, -0.2) is 35.9 Å². The number of anilines is 1. The molecule has 0 spiro atoms. The summed E-state index contributed by atoms with van der Waals surface area (Å²) in [4.78, 5) is 20.7. The van der Waals surface area contributed by atoms with Crippen LogP contribution in [0.4, 0.5) is 5.13 Å². The van der Waals surface area contributed by atoms with Gasteiger partial charge in [-0.15, -0.1) is 21.5 Å². The number of thioether (sulfide) groups is 1. The Morgan fingerprint density at radius 3 is 2.76 bits per heavy atom. The predicted octanol–water partition coefficient (Wildman–Crippen LogP) is 3.24. The van der Waals surface area contributed by atoms with Gasteiger partial charge in [-0.25, -0.2) is 4.98 Å². The Morgan fingerprint density at radius 1 is 1.36 bits per heavy atom. The second-order valence-electron chi connectivity index (χ2n) is 5.33. The molecule has 7 nitrogen and oxygen atoms in total. The zero-order chi connectivity index (χ0) is 17.8. The van der Waals surface area contributed by atoms with Crippen LogP contribution < -0.4 is 5.32 Å². The molecule has 130 valence electrons. The van der Waals surface area contributed by atoms with Crippen molar-refractivity contribution in [1.29, 1.82) is 0 Å². The van der Waals surface area contributed by atoms with E-state index in [9.17, 15) is 4.79 Å². The van der Waals surface area contributed by atoms with Crippen LogP contribution in [0.1, 0.15) is 19.5 Å². The number of nitrogens with one attached hydrogen (secondary N) is 1. The molecule has 3 rings (SSSR count). The Kier molecular flexibility index (Phi) is 5.44. The van der Waals surface area contributed by atoms with Crippen LogP contribution in [0.5, 0.6) is 0 Å². The summed E-state index contributed by atoms with van der Waals surface area (Å²) in [6.07, 6.45) is 3.45. The van der Waals surface area contributed by atoms with Crippen molar-refractivity contribution in [2.45, 2.75) is 37.7 Å². The fourth-order valence-corrected chi connectivity index (χ4v) is 3.81. The molecular weight excluding hydrogens is 356 g/mol. The van der Waals surface area contributed by atoms with Gasteiger partial charge in [0, 0.05) is 29.9 Å². The number of amides is 1. The Hall–Kier alpha value is -2.26. The van der Waals surface area contributed by atoms with Gasteiger partial charge in [-0.05, 0) is 32.9 Å². The molecule has 0 fully saturated rings. The van der Waals surface area contributed by atoms with Gasteiger partial charge in [0.15, 0.2) is 16.1 Å². The molecule has 3 aromatic heterocycles. The monoisotopic (exact) mass is 374 g/mol. The van der Waals surface area contributed by atoms with Crippen LogP contribution in [0.3, 0.4) is 0 Å². The van der Waals surface area contributed by atoms with Crippen molar-refractivity contribution >= 4 is 34.1 Å². The molecule has 0 bridgehead atoms. The van der Waals surface area contributed by atoms with Crippen molar-refractivity contribution in [3.8, 4) is 11.4 Å². The number of carbonyl (C=O) groups excluding carboxylic acids is 1. The van der Waals surface area contributed by atoms with E-state index in [-0.39, 0.29) is 11.2 Å². The minimum atomic E-state index is -0.316. The lowest BCUT2D eigenvalue weighted by atomic mass is 10.2. The van der Waals surface area contributed by atoms with Crippen LogP contribution in [-0.2, 0) is 11.3 Å². The number of hydrogen-bond acceptors (Lipinski definition) is 7. The highest BCUT2D eigenvalue weighted by Gasteiger charge is 2.21. The maximum absolute atomic E-state index is 12.4. The summed E-state index contributed by atoms with van der Waals surface area (Å²) in [6, 6.07) is 3.79. The zero-order valence-electron chi connectivity index (χ0n) is 14.1. The first-order valence-corrected chi connectivity index (χ1v) is 9.57. The molecule has 1 N–H and O–H groups in total. The Balaban J connectivity index is 1.74. The summed E-state index contributed by atoms with van der Waals surface area (Å²) >= 11 is 2.80. The second-order valence-corrected chi connectivity index (χ2v) is 7.50. The molecule has 3 heterocycles. The summed E-state index contributed by atoms with van der Waals surface area (Å²) in [5.74, 6) is 0.672. The van der Waals surface area contributed by atoms with E-state index in [1.807, 2.05) is 42.9 Å². The van der Waals surface area contributed by atoms with Crippen LogP contribution in [0, 0.1) is 6.92 Å². The van der Waals surface area contributed by atoms with Crippen molar-refractivity contribution in [1.82, 2.24) is 24.7 Å². The van der Waals surface area contributed by atoms with Gasteiger partial charge in [-0.1, -0.05) is 11.8 Å². The lowest BCUT2D eigenvalue weighted by Gasteiger charge is -2.11. The standard InChI is InChI=1S/C16H18N6OS2/c1-4-22-13(12-5-7-17-8-6-12)20-21-16(22)25-11(3)14(23)19-15-18-10(2)9-24-15/h5-9,11H,4H2,1-3H3,(H,18,19,23). The van der Waals surface area contributed by atoms with Crippen molar-refractivity contribution in [3.05, 3.63) is 35.6 Å². The SMILES string of the molecule is CCn1c(SC(C)C(=O)Nc2nc(C)cs2)nnc1-c1ccncc1. The van der Waals surface area contributed by atoms with E-state index in [0.29, 0.717) is 16.8 Å². The summed E-state index contributed by atoms with van der Waals surface area (Å²) in [6.45, 7) is 6.49. The summed E-state index contributed by atoms with van der Waals surface area (Å²) in [5, 5.41) is 14.3. The number of rotatable bonds is 6. The largest absolute Gasteiger partial charge is 0.302 e. The van der Waals surface area contributed by atoms with E-state index in [4.69, 9.17) is 0 Å². The highest BCUT2D eigenvalue weighted by atomic mass is 32.2. The quantitative estimate of drug-likeness (QED) is 0.667. The highest BCUT2D eigenvalue weighted by molar-refractivity contribution is 8.00. The minimum Gasteiger partial charge on any atom is -0.302 e. The predicted molar refractivity (Wildman–Crippen MR) is 99.7 cm³/mol. The van der Waals surface area contributed by atoms with Crippen molar-refractivity contribution in [2.75, 3.05) is 5.32 Å². The molecule has 1 atom stereocenters. The third-order valence-electron chi connectivity index (χ3n) is 3.47. The minimum absolute atomic E-state index is 0.101. The maximum Gasteiger partial charge on any atom is 0.239 e. The van der Waals surface area contributed by atoms with Gasteiger partial charge >= 0.3 is 0 Å². The molecule has 0 aliphatic rings.